The molecule has 21 heavy (non-hydrogen) atoms. The molecule has 0 unspecified atom stereocenters. The predicted octanol–water partition coefficient (Wildman–Crippen LogP) is 2.55. The van der Waals surface area contributed by atoms with Crippen LogP contribution in [-0.4, -0.2) is 27.2 Å². The van der Waals surface area contributed by atoms with E-state index in [9.17, 15) is 14.7 Å². The number of thiophene rings is 1. The van der Waals surface area contributed by atoms with E-state index in [1.165, 1.54) is 28.4 Å². The summed E-state index contributed by atoms with van der Waals surface area (Å²) in [5.41, 5.74) is 3.56. The molecule has 1 aromatic carbocycles. The fourth-order valence-electron chi connectivity index (χ4n) is 1.84. The van der Waals surface area contributed by atoms with Crippen molar-refractivity contribution in [1.82, 2.24) is 10.4 Å². The molecule has 0 aliphatic heterocycles. The average Bonchev–Trinajstić information content (AvgIpc) is 2.99. The van der Waals surface area contributed by atoms with Gasteiger partial charge in [-0.3, -0.25) is 14.9 Å². The first kappa shape index (κ1) is 15.0. The van der Waals surface area contributed by atoms with Crippen LogP contribution in [0.3, 0.4) is 0 Å². The van der Waals surface area contributed by atoms with Crippen LogP contribution in [0.15, 0.2) is 41.1 Å². The van der Waals surface area contributed by atoms with E-state index in [1.807, 2.05) is 16.8 Å². The van der Waals surface area contributed by atoms with Crippen molar-refractivity contribution >= 4 is 23.3 Å². The zero-order chi connectivity index (χ0) is 15.2. The molecule has 0 aliphatic carbocycles. The largest absolute Gasteiger partial charge is 0.465 e. The molecule has 2 aromatic rings. The summed E-state index contributed by atoms with van der Waals surface area (Å²) in [6.45, 7) is 0.546. The first-order chi connectivity index (χ1) is 10.1. The van der Waals surface area contributed by atoms with E-state index in [1.54, 1.807) is 17.6 Å². The number of carbonyl (C=O) groups is 2. The van der Waals surface area contributed by atoms with Crippen LogP contribution in [0.25, 0.3) is 0 Å². The summed E-state index contributed by atoms with van der Waals surface area (Å²) in [7, 11) is 0. The maximum atomic E-state index is 11.3. The lowest BCUT2D eigenvalue weighted by Gasteiger charge is -2.18. The van der Waals surface area contributed by atoms with Crippen molar-refractivity contribution < 1.29 is 19.9 Å². The number of nitrogens with one attached hydrogen (secondary N) is 1. The highest BCUT2D eigenvalue weighted by Crippen LogP contribution is 2.13. The minimum atomic E-state index is -1.00. The van der Waals surface area contributed by atoms with Crippen LogP contribution in [0.4, 0.5) is 4.79 Å². The number of rotatable bonds is 5. The van der Waals surface area contributed by atoms with Gasteiger partial charge in [-0.2, -0.15) is 11.3 Å². The van der Waals surface area contributed by atoms with E-state index in [0.29, 0.717) is 12.1 Å². The van der Waals surface area contributed by atoms with Gasteiger partial charge in [0.25, 0.3) is 5.91 Å². The van der Waals surface area contributed by atoms with Crippen molar-refractivity contribution in [2.75, 3.05) is 0 Å². The van der Waals surface area contributed by atoms with Crippen LogP contribution < -0.4 is 5.48 Å². The molecule has 0 radical (unpaired) electrons. The third-order valence-corrected chi connectivity index (χ3v) is 3.65. The van der Waals surface area contributed by atoms with Crippen LogP contribution >= 0.6 is 11.3 Å². The lowest BCUT2D eigenvalue weighted by molar-refractivity contribution is 0.0706. The molecule has 0 saturated heterocycles. The fraction of sp³-hybridized carbons (Fsp3) is 0.143. The Morgan fingerprint density at radius 3 is 2.29 bits per heavy atom. The van der Waals surface area contributed by atoms with Crippen LogP contribution in [0.5, 0.6) is 0 Å². The van der Waals surface area contributed by atoms with E-state index < -0.39 is 12.0 Å². The van der Waals surface area contributed by atoms with Gasteiger partial charge in [0.1, 0.15) is 0 Å². The molecule has 0 bridgehead atoms. The van der Waals surface area contributed by atoms with E-state index >= 15 is 0 Å². The maximum absolute atomic E-state index is 11.3. The average molecular weight is 306 g/mol. The van der Waals surface area contributed by atoms with E-state index in [4.69, 9.17) is 5.21 Å². The molecule has 0 fully saturated rings. The third kappa shape index (κ3) is 4.04. The van der Waals surface area contributed by atoms with Crippen LogP contribution in [0.2, 0.25) is 0 Å². The Morgan fingerprint density at radius 2 is 1.76 bits per heavy atom. The van der Waals surface area contributed by atoms with Gasteiger partial charge in [-0.05, 0) is 40.1 Å². The fourth-order valence-corrected chi connectivity index (χ4v) is 2.50. The van der Waals surface area contributed by atoms with Crippen molar-refractivity contribution in [2.45, 2.75) is 13.1 Å². The molecule has 6 nitrogen and oxygen atoms in total. The van der Waals surface area contributed by atoms with Crippen LogP contribution in [0, 0.1) is 0 Å². The number of hydrogen-bond donors (Lipinski definition) is 3. The molecular formula is C14H14N2O4S. The standard InChI is InChI=1S/C14H14N2O4S/c17-13(15-20)12-3-1-10(2-4-12)7-16(14(18)19)8-11-5-6-21-9-11/h1-6,9,20H,7-8H2,(H,15,17)(H,18,19). The van der Waals surface area contributed by atoms with Gasteiger partial charge >= 0.3 is 6.09 Å². The summed E-state index contributed by atoms with van der Waals surface area (Å²) >= 11 is 1.52. The Labute approximate surface area is 125 Å². The van der Waals surface area contributed by atoms with Crippen LogP contribution in [-0.2, 0) is 13.1 Å². The lowest BCUT2D eigenvalue weighted by atomic mass is 10.1. The summed E-state index contributed by atoms with van der Waals surface area (Å²) in [6.07, 6.45) is -1.00. The molecule has 0 aliphatic rings. The second-order valence-corrected chi connectivity index (χ2v) is 5.19. The number of carbonyl (C=O) groups excluding carboxylic acids is 1. The minimum Gasteiger partial charge on any atom is -0.465 e. The highest BCUT2D eigenvalue weighted by Gasteiger charge is 2.13. The van der Waals surface area contributed by atoms with Crippen LogP contribution in [0.1, 0.15) is 21.5 Å². The Bertz CT molecular complexity index is 610. The molecule has 2 amide bonds. The van der Waals surface area contributed by atoms with Gasteiger partial charge in [0.15, 0.2) is 0 Å². The topological polar surface area (TPSA) is 89.9 Å². The second kappa shape index (κ2) is 6.87. The summed E-state index contributed by atoms with van der Waals surface area (Å²) in [5, 5.41) is 21.6. The quantitative estimate of drug-likeness (QED) is 0.585. The summed E-state index contributed by atoms with van der Waals surface area (Å²) in [6, 6.07) is 8.27. The van der Waals surface area contributed by atoms with E-state index in [0.717, 1.165) is 11.1 Å². The molecule has 110 valence electrons. The van der Waals surface area contributed by atoms with Gasteiger partial charge in [0.05, 0.1) is 6.54 Å². The first-order valence-electron chi connectivity index (χ1n) is 6.12. The number of benzene rings is 1. The van der Waals surface area contributed by atoms with Crippen molar-refractivity contribution in [3.63, 3.8) is 0 Å². The van der Waals surface area contributed by atoms with Crippen molar-refractivity contribution in [1.29, 1.82) is 0 Å². The van der Waals surface area contributed by atoms with Gasteiger partial charge < -0.3 is 5.11 Å². The van der Waals surface area contributed by atoms with Gasteiger partial charge in [-0.1, -0.05) is 12.1 Å². The number of nitrogens with zero attached hydrogens (tertiary/aromatic N) is 1. The molecule has 2 rings (SSSR count). The smallest absolute Gasteiger partial charge is 0.407 e. The lowest BCUT2D eigenvalue weighted by Crippen LogP contribution is -2.28. The van der Waals surface area contributed by atoms with Crippen molar-refractivity contribution in [2.24, 2.45) is 0 Å². The number of hydrogen-bond acceptors (Lipinski definition) is 4. The third-order valence-electron chi connectivity index (χ3n) is 2.92. The second-order valence-electron chi connectivity index (χ2n) is 4.41. The zero-order valence-corrected chi connectivity index (χ0v) is 11.8. The predicted molar refractivity (Wildman–Crippen MR) is 77.3 cm³/mol. The molecule has 0 atom stereocenters. The van der Waals surface area contributed by atoms with Crippen molar-refractivity contribution in [3.05, 3.63) is 57.8 Å². The number of hydroxylamine groups is 1. The Hall–Kier alpha value is -2.38. The molecule has 1 aromatic heterocycles. The molecular weight excluding hydrogens is 292 g/mol. The Kier molecular flexibility index (Phi) is 4.91. The van der Waals surface area contributed by atoms with Gasteiger partial charge in [0, 0.05) is 12.1 Å². The molecule has 0 spiro atoms. The minimum absolute atomic E-state index is 0.228. The zero-order valence-electron chi connectivity index (χ0n) is 11.0. The van der Waals surface area contributed by atoms with Crippen molar-refractivity contribution in [3.8, 4) is 0 Å². The maximum Gasteiger partial charge on any atom is 0.407 e. The SMILES string of the molecule is O=C(NO)c1ccc(CN(Cc2ccsc2)C(=O)O)cc1. The monoisotopic (exact) mass is 306 g/mol. The number of carboxylic acid groups (broad SMARTS) is 1. The summed E-state index contributed by atoms with van der Waals surface area (Å²) in [5.74, 6) is -0.602. The summed E-state index contributed by atoms with van der Waals surface area (Å²) < 4.78 is 0. The first-order valence-corrected chi connectivity index (χ1v) is 7.06. The van der Waals surface area contributed by atoms with Gasteiger partial charge in [-0.25, -0.2) is 10.3 Å². The molecule has 3 N–H and O–H groups in total. The molecule has 0 saturated carbocycles. The van der Waals surface area contributed by atoms with Gasteiger partial charge in [-0.15, -0.1) is 0 Å². The number of amides is 2. The summed E-state index contributed by atoms with van der Waals surface area (Å²) in [4.78, 5) is 23.8. The normalized spacial score (nSPS) is 10.1. The molecule has 7 heteroatoms. The van der Waals surface area contributed by atoms with E-state index in [-0.39, 0.29) is 6.54 Å². The highest BCUT2D eigenvalue weighted by molar-refractivity contribution is 7.07. The van der Waals surface area contributed by atoms with Gasteiger partial charge in [0.2, 0.25) is 0 Å². The van der Waals surface area contributed by atoms with E-state index in [2.05, 4.69) is 0 Å². The highest BCUT2D eigenvalue weighted by atomic mass is 32.1. The molecule has 1 heterocycles. The Morgan fingerprint density at radius 1 is 1.10 bits per heavy atom. The Balaban J connectivity index is 2.06.